The van der Waals surface area contributed by atoms with Crippen molar-refractivity contribution in [2.24, 2.45) is 5.92 Å². The first-order valence-corrected chi connectivity index (χ1v) is 6.63. The van der Waals surface area contributed by atoms with Gasteiger partial charge in [-0.25, -0.2) is 0 Å². The number of rotatable bonds is 6. The van der Waals surface area contributed by atoms with Gasteiger partial charge in [0.2, 0.25) is 5.91 Å². The molecular weight excluding hydrogens is 218 g/mol. The Balaban J connectivity index is 2.42. The summed E-state index contributed by atoms with van der Waals surface area (Å²) in [4.78, 5) is 24.2. The summed E-state index contributed by atoms with van der Waals surface area (Å²) in [5.74, 6) is -0.430. The Kier molecular flexibility index (Phi) is 6.01. The Morgan fingerprint density at radius 1 is 1.24 bits per heavy atom. The molecule has 1 aliphatic carbocycles. The van der Waals surface area contributed by atoms with Crippen LogP contribution in [0.4, 0.5) is 0 Å². The van der Waals surface area contributed by atoms with Crippen molar-refractivity contribution in [2.75, 3.05) is 13.1 Å². The lowest BCUT2D eigenvalue weighted by atomic mass is 9.86. The highest BCUT2D eigenvalue weighted by Crippen LogP contribution is 2.26. The number of carboxylic acids is 1. The quantitative estimate of drug-likeness (QED) is 0.776. The van der Waals surface area contributed by atoms with E-state index in [0.717, 1.165) is 19.3 Å². The lowest BCUT2D eigenvalue weighted by Gasteiger charge is -2.25. The lowest BCUT2D eigenvalue weighted by Crippen LogP contribution is -2.37. The van der Waals surface area contributed by atoms with Crippen molar-refractivity contribution >= 4 is 11.9 Å². The van der Waals surface area contributed by atoms with Crippen LogP contribution in [0.2, 0.25) is 0 Å². The van der Waals surface area contributed by atoms with E-state index in [1.54, 1.807) is 0 Å². The highest BCUT2D eigenvalue weighted by atomic mass is 16.4. The molecule has 1 saturated carbocycles. The van der Waals surface area contributed by atoms with Crippen LogP contribution in [0.3, 0.4) is 0 Å². The minimum atomic E-state index is -0.921. The van der Waals surface area contributed by atoms with E-state index in [1.165, 1.54) is 24.2 Å². The van der Waals surface area contributed by atoms with Gasteiger partial charge in [0.05, 0.1) is 0 Å². The predicted octanol–water partition coefficient (Wildman–Crippen LogP) is 2.28. The smallest absolute Gasteiger partial charge is 0.323 e. The fourth-order valence-electron chi connectivity index (χ4n) is 2.49. The Hall–Kier alpha value is -1.06. The SMILES string of the molecule is CCCN(CC(=O)O)C(=O)CC1CCCCC1. The zero-order chi connectivity index (χ0) is 12.7. The third-order valence-corrected chi connectivity index (χ3v) is 3.36. The molecule has 0 aromatic rings. The number of carbonyl (C=O) groups is 2. The molecule has 0 saturated heterocycles. The van der Waals surface area contributed by atoms with Gasteiger partial charge < -0.3 is 10.0 Å². The first-order chi connectivity index (χ1) is 8.13. The van der Waals surface area contributed by atoms with Gasteiger partial charge in [-0.2, -0.15) is 0 Å². The van der Waals surface area contributed by atoms with Crippen LogP contribution in [0.5, 0.6) is 0 Å². The molecule has 17 heavy (non-hydrogen) atoms. The van der Waals surface area contributed by atoms with Gasteiger partial charge in [-0.15, -0.1) is 0 Å². The molecule has 0 aromatic heterocycles. The van der Waals surface area contributed by atoms with Crippen molar-refractivity contribution < 1.29 is 14.7 Å². The van der Waals surface area contributed by atoms with Crippen LogP contribution in [0, 0.1) is 5.92 Å². The molecule has 0 heterocycles. The minimum absolute atomic E-state index is 0.0150. The lowest BCUT2D eigenvalue weighted by molar-refractivity contribution is -0.145. The van der Waals surface area contributed by atoms with Gasteiger partial charge in [0, 0.05) is 13.0 Å². The van der Waals surface area contributed by atoms with Crippen LogP contribution in [0.25, 0.3) is 0 Å². The molecule has 0 aromatic carbocycles. The van der Waals surface area contributed by atoms with Crippen molar-refractivity contribution in [1.82, 2.24) is 4.90 Å². The highest BCUT2D eigenvalue weighted by Gasteiger charge is 2.21. The number of hydrogen-bond donors (Lipinski definition) is 1. The number of carboxylic acid groups (broad SMARTS) is 1. The van der Waals surface area contributed by atoms with Crippen molar-refractivity contribution in [1.29, 1.82) is 0 Å². The predicted molar refractivity (Wildman–Crippen MR) is 65.7 cm³/mol. The summed E-state index contributed by atoms with van der Waals surface area (Å²) in [5, 5.41) is 8.77. The second kappa shape index (κ2) is 7.30. The molecule has 1 aliphatic rings. The molecule has 0 bridgehead atoms. The van der Waals surface area contributed by atoms with Crippen LogP contribution >= 0.6 is 0 Å². The van der Waals surface area contributed by atoms with Gasteiger partial charge in [-0.3, -0.25) is 9.59 Å². The van der Waals surface area contributed by atoms with Crippen LogP contribution in [-0.2, 0) is 9.59 Å². The Bertz CT molecular complexity index is 259. The molecule has 1 fully saturated rings. The molecular formula is C13H23NO3. The third-order valence-electron chi connectivity index (χ3n) is 3.36. The maximum Gasteiger partial charge on any atom is 0.323 e. The summed E-state index contributed by atoms with van der Waals surface area (Å²) in [5.41, 5.74) is 0. The van der Waals surface area contributed by atoms with Crippen LogP contribution in [0.15, 0.2) is 0 Å². The fourth-order valence-corrected chi connectivity index (χ4v) is 2.49. The highest BCUT2D eigenvalue weighted by molar-refractivity contribution is 5.81. The van der Waals surface area contributed by atoms with E-state index >= 15 is 0 Å². The molecule has 1 rings (SSSR count). The average Bonchev–Trinajstić information content (AvgIpc) is 2.29. The Labute approximate surface area is 103 Å². The molecule has 4 heteroatoms. The van der Waals surface area contributed by atoms with Gasteiger partial charge in [0.15, 0.2) is 0 Å². The fraction of sp³-hybridized carbons (Fsp3) is 0.846. The van der Waals surface area contributed by atoms with Gasteiger partial charge >= 0.3 is 5.97 Å². The standard InChI is InChI=1S/C13H23NO3/c1-2-8-14(10-13(16)17)12(15)9-11-6-4-3-5-7-11/h11H,2-10H2,1H3,(H,16,17). The zero-order valence-electron chi connectivity index (χ0n) is 10.7. The first-order valence-electron chi connectivity index (χ1n) is 6.63. The van der Waals surface area contributed by atoms with Crippen molar-refractivity contribution in [3.8, 4) is 0 Å². The molecule has 1 N–H and O–H groups in total. The molecule has 0 unspecified atom stereocenters. The Morgan fingerprint density at radius 3 is 2.41 bits per heavy atom. The van der Waals surface area contributed by atoms with Crippen molar-refractivity contribution in [2.45, 2.75) is 51.9 Å². The number of aliphatic carboxylic acids is 1. The Morgan fingerprint density at radius 2 is 1.88 bits per heavy atom. The summed E-state index contributed by atoms with van der Waals surface area (Å²) in [7, 11) is 0. The maximum atomic E-state index is 12.0. The molecule has 4 nitrogen and oxygen atoms in total. The summed E-state index contributed by atoms with van der Waals surface area (Å²) >= 11 is 0. The second-order valence-corrected chi connectivity index (χ2v) is 4.92. The maximum absolute atomic E-state index is 12.0. The number of carbonyl (C=O) groups excluding carboxylic acids is 1. The minimum Gasteiger partial charge on any atom is -0.480 e. The molecule has 1 amide bonds. The normalized spacial score (nSPS) is 16.8. The molecule has 0 radical (unpaired) electrons. The molecule has 98 valence electrons. The van der Waals surface area contributed by atoms with Crippen molar-refractivity contribution in [3.05, 3.63) is 0 Å². The van der Waals surface area contributed by atoms with E-state index in [9.17, 15) is 9.59 Å². The second-order valence-electron chi connectivity index (χ2n) is 4.92. The van der Waals surface area contributed by atoms with Gasteiger partial charge in [-0.05, 0) is 25.2 Å². The average molecular weight is 241 g/mol. The number of nitrogens with zero attached hydrogens (tertiary/aromatic N) is 1. The number of amides is 1. The monoisotopic (exact) mass is 241 g/mol. The van der Waals surface area contributed by atoms with E-state index in [-0.39, 0.29) is 12.5 Å². The summed E-state index contributed by atoms with van der Waals surface area (Å²) < 4.78 is 0. The first kappa shape index (κ1) is 14.0. The van der Waals surface area contributed by atoms with E-state index in [0.29, 0.717) is 18.9 Å². The molecule has 0 spiro atoms. The topological polar surface area (TPSA) is 57.6 Å². The van der Waals surface area contributed by atoms with Crippen LogP contribution < -0.4 is 0 Å². The number of hydrogen-bond acceptors (Lipinski definition) is 2. The zero-order valence-corrected chi connectivity index (χ0v) is 10.7. The van der Waals surface area contributed by atoms with Crippen LogP contribution in [0.1, 0.15) is 51.9 Å². The van der Waals surface area contributed by atoms with E-state index in [4.69, 9.17) is 5.11 Å². The third kappa shape index (κ3) is 5.20. The van der Waals surface area contributed by atoms with Crippen molar-refractivity contribution in [3.63, 3.8) is 0 Å². The summed E-state index contributed by atoms with van der Waals surface area (Å²) in [6.07, 6.45) is 7.29. The summed E-state index contributed by atoms with van der Waals surface area (Å²) in [6, 6.07) is 0. The van der Waals surface area contributed by atoms with Gasteiger partial charge in [0.25, 0.3) is 0 Å². The van der Waals surface area contributed by atoms with Gasteiger partial charge in [0.1, 0.15) is 6.54 Å². The summed E-state index contributed by atoms with van der Waals surface area (Å²) in [6.45, 7) is 2.36. The van der Waals surface area contributed by atoms with E-state index < -0.39 is 5.97 Å². The largest absolute Gasteiger partial charge is 0.480 e. The van der Waals surface area contributed by atoms with E-state index in [2.05, 4.69) is 0 Å². The molecule has 0 aliphatic heterocycles. The van der Waals surface area contributed by atoms with E-state index in [1.807, 2.05) is 6.92 Å². The van der Waals surface area contributed by atoms with Gasteiger partial charge in [-0.1, -0.05) is 26.2 Å². The van der Waals surface area contributed by atoms with Crippen LogP contribution in [-0.4, -0.2) is 35.0 Å². The molecule has 0 atom stereocenters.